The molecule has 1 aliphatic heterocycles. The molecule has 224 valence electrons. The lowest BCUT2D eigenvalue weighted by Crippen LogP contribution is -2.37. The van der Waals surface area contributed by atoms with E-state index in [1.807, 2.05) is 6.92 Å². The summed E-state index contributed by atoms with van der Waals surface area (Å²) in [6.07, 6.45) is -3.59. The van der Waals surface area contributed by atoms with Crippen molar-refractivity contribution in [3.63, 3.8) is 0 Å². The number of ether oxygens (including phenoxy) is 2. The van der Waals surface area contributed by atoms with Gasteiger partial charge in [-0.3, -0.25) is 4.79 Å². The van der Waals surface area contributed by atoms with Crippen molar-refractivity contribution in [3.05, 3.63) is 83.0 Å². The number of hydrogen-bond donors (Lipinski definition) is 2. The van der Waals surface area contributed by atoms with E-state index in [1.165, 1.54) is 6.07 Å². The molecule has 1 saturated heterocycles. The Labute approximate surface area is 243 Å². The van der Waals surface area contributed by atoms with Crippen molar-refractivity contribution in [1.82, 2.24) is 15.6 Å². The molecule has 42 heavy (non-hydrogen) atoms. The number of aromatic nitrogens is 1. The topological polar surface area (TPSA) is 92.8 Å². The number of carbonyl (C=O) groups is 2. The van der Waals surface area contributed by atoms with Crippen molar-refractivity contribution in [2.24, 2.45) is 0 Å². The number of alkyl halides is 3. The molecule has 0 radical (unpaired) electrons. The van der Waals surface area contributed by atoms with E-state index >= 15 is 0 Å². The number of nitrogens with zero attached hydrogens (tertiary/aromatic N) is 2. The van der Waals surface area contributed by atoms with Crippen LogP contribution in [0.5, 0.6) is 0 Å². The number of hydrogen-bond acceptors (Lipinski definition) is 6. The third-order valence-corrected chi connectivity index (χ3v) is 6.67. The van der Waals surface area contributed by atoms with Crippen LogP contribution in [0.15, 0.2) is 60.8 Å². The molecule has 11 heteroatoms. The van der Waals surface area contributed by atoms with Crippen molar-refractivity contribution >= 4 is 17.8 Å². The molecule has 2 aromatic carbocycles. The minimum atomic E-state index is -4.53. The number of carbonyl (C=O) groups excluding carboxylic acids is 2. The van der Waals surface area contributed by atoms with Gasteiger partial charge in [-0.15, -0.1) is 0 Å². The molecule has 0 saturated carbocycles. The standard InChI is InChI=1S/C31H35F3N4O4/c1-20(37-28(39)23-11-12-35-27(17-23)38-13-15-41-16-14-38)21-5-7-22(8-6-21)26-18-25(31(32,33)34)10-9-24(26)19-36-29(40)42-30(2,3)4/h5-12,17-18,20H,13-16,19H2,1-4H3,(H,36,40)(H,37,39)/t20-/m1/s1. The van der Waals surface area contributed by atoms with Gasteiger partial charge >= 0.3 is 12.3 Å². The van der Waals surface area contributed by atoms with Gasteiger partial charge in [-0.05, 0) is 74.2 Å². The second-order valence-electron chi connectivity index (χ2n) is 11.0. The van der Waals surface area contributed by atoms with Gasteiger partial charge in [0.15, 0.2) is 0 Å². The molecular weight excluding hydrogens is 549 g/mol. The Balaban J connectivity index is 1.49. The quantitative estimate of drug-likeness (QED) is 0.348. The zero-order valence-electron chi connectivity index (χ0n) is 24.0. The molecule has 1 atom stereocenters. The average molecular weight is 585 g/mol. The summed E-state index contributed by atoms with van der Waals surface area (Å²) in [6, 6.07) is 13.4. The number of anilines is 1. The predicted molar refractivity (Wildman–Crippen MR) is 153 cm³/mol. The number of amides is 2. The Kier molecular flexibility index (Phi) is 9.40. The van der Waals surface area contributed by atoms with Gasteiger partial charge < -0.3 is 25.0 Å². The van der Waals surface area contributed by atoms with Crippen LogP contribution in [0.4, 0.5) is 23.8 Å². The Hall–Kier alpha value is -4.12. The molecule has 4 rings (SSSR count). The minimum absolute atomic E-state index is 0.0189. The first-order valence-corrected chi connectivity index (χ1v) is 13.7. The SMILES string of the molecule is C[C@@H](NC(=O)c1ccnc(N2CCOCC2)c1)c1ccc(-c2cc(C(F)(F)F)ccc2CNC(=O)OC(C)(C)C)cc1. The number of pyridine rings is 1. The molecule has 2 heterocycles. The minimum Gasteiger partial charge on any atom is -0.444 e. The third-order valence-electron chi connectivity index (χ3n) is 6.67. The summed E-state index contributed by atoms with van der Waals surface area (Å²) in [5.41, 5.74) is 1.10. The van der Waals surface area contributed by atoms with Gasteiger partial charge in [-0.2, -0.15) is 13.2 Å². The molecule has 1 aromatic heterocycles. The van der Waals surface area contributed by atoms with E-state index in [-0.39, 0.29) is 18.5 Å². The van der Waals surface area contributed by atoms with Gasteiger partial charge in [-0.1, -0.05) is 30.3 Å². The lowest BCUT2D eigenvalue weighted by molar-refractivity contribution is -0.137. The number of morpholine rings is 1. The second-order valence-corrected chi connectivity index (χ2v) is 11.0. The molecule has 3 aromatic rings. The Morgan fingerprint density at radius 3 is 2.36 bits per heavy atom. The summed E-state index contributed by atoms with van der Waals surface area (Å²) in [6.45, 7) is 9.59. The average Bonchev–Trinajstić information content (AvgIpc) is 2.95. The molecule has 1 aliphatic rings. The van der Waals surface area contributed by atoms with E-state index in [1.54, 1.807) is 63.4 Å². The zero-order valence-corrected chi connectivity index (χ0v) is 24.0. The summed E-state index contributed by atoms with van der Waals surface area (Å²) in [4.78, 5) is 31.6. The van der Waals surface area contributed by atoms with Gasteiger partial charge in [0.05, 0.1) is 24.8 Å². The Morgan fingerprint density at radius 1 is 1.02 bits per heavy atom. The van der Waals surface area contributed by atoms with Crippen LogP contribution in [-0.4, -0.2) is 48.9 Å². The highest BCUT2D eigenvalue weighted by molar-refractivity contribution is 5.95. The maximum Gasteiger partial charge on any atom is 0.416 e. The van der Waals surface area contributed by atoms with Gasteiger partial charge in [0.2, 0.25) is 0 Å². The van der Waals surface area contributed by atoms with E-state index in [4.69, 9.17) is 9.47 Å². The smallest absolute Gasteiger partial charge is 0.416 e. The molecule has 8 nitrogen and oxygen atoms in total. The fourth-order valence-electron chi connectivity index (χ4n) is 4.50. The summed E-state index contributed by atoms with van der Waals surface area (Å²) in [5.74, 6) is 0.442. The summed E-state index contributed by atoms with van der Waals surface area (Å²) < 4.78 is 51.2. The van der Waals surface area contributed by atoms with Crippen LogP contribution < -0.4 is 15.5 Å². The summed E-state index contributed by atoms with van der Waals surface area (Å²) in [5, 5.41) is 5.59. The number of alkyl carbamates (subject to hydrolysis) is 1. The fraction of sp³-hybridized carbons (Fsp3) is 0.387. The molecule has 0 bridgehead atoms. The van der Waals surface area contributed by atoms with E-state index in [9.17, 15) is 22.8 Å². The lowest BCUT2D eigenvalue weighted by atomic mass is 9.95. The van der Waals surface area contributed by atoms with Gasteiger partial charge in [0, 0.05) is 31.4 Å². The second kappa shape index (κ2) is 12.8. The third kappa shape index (κ3) is 8.22. The van der Waals surface area contributed by atoms with E-state index in [0.29, 0.717) is 54.4 Å². The molecule has 0 unspecified atom stereocenters. The van der Waals surface area contributed by atoms with Gasteiger partial charge in [0.1, 0.15) is 11.4 Å². The lowest BCUT2D eigenvalue weighted by Gasteiger charge is -2.28. The molecule has 2 N–H and O–H groups in total. The van der Waals surface area contributed by atoms with Gasteiger partial charge in [-0.25, -0.2) is 9.78 Å². The number of nitrogens with one attached hydrogen (secondary N) is 2. The zero-order chi connectivity index (χ0) is 30.5. The highest BCUT2D eigenvalue weighted by Crippen LogP contribution is 2.34. The van der Waals surface area contributed by atoms with Gasteiger partial charge in [0.25, 0.3) is 5.91 Å². The van der Waals surface area contributed by atoms with E-state index < -0.39 is 23.4 Å². The summed E-state index contributed by atoms with van der Waals surface area (Å²) in [7, 11) is 0. The van der Waals surface area contributed by atoms with Crippen LogP contribution in [0.25, 0.3) is 11.1 Å². The first-order chi connectivity index (χ1) is 19.8. The van der Waals surface area contributed by atoms with E-state index in [2.05, 4.69) is 20.5 Å². The van der Waals surface area contributed by atoms with Crippen LogP contribution in [0.1, 0.15) is 60.8 Å². The van der Waals surface area contributed by atoms with Crippen molar-refractivity contribution < 1.29 is 32.2 Å². The number of benzene rings is 2. The van der Waals surface area contributed by atoms with Crippen LogP contribution in [0.2, 0.25) is 0 Å². The molecule has 0 aliphatic carbocycles. The van der Waals surface area contributed by atoms with Crippen LogP contribution >= 0.6 is 0 Å². The maximum atomic E-state index is 13.5. The number of halogens is 3. The van der Waals surface area contributed by atoms with Crippen molar-refractivity contribution in [3.8, 4) is 11.1 Å². The first-order valence-electron chi connectivity index (χ1n) is 13.7. The largest absolute Gasteiger partial charge is 0.444 e. The normalized spacial score (nSPS) is 14.7. The summed E-state index contributed by atoms with van der Waals surface area (Å²) >= 11 is 0. The highest BCUT2D eigenvalue weighted by atomic mass is 19.4. The fourth-order valence-corrected chi connectivity index (χ4v) is 4.50. The predicted octanol–water partition coefficient (Wildman–Crippen LogP) is 6.12. The monoisotopic (exact) mass is 584 g/mol. The van der Waals surface area contributed by atoms with Crippen molar-refractivity contribution in [1.29, 1.82) is 0 Å². The molecular formula is C31H35F3N4O4. The van der Waals surface area contributed by atoms with Crippen LogP contribution in [0.3, 0.4) is 0 Å². The van der Waals surface area contributed by atoms with Crippen molar-refractivity contribution in [2.75, 3.05) is 31.2 Å². The molecule has 0 spiro atoms. The Morgan fingerprint density at radius 2 is 1.71 bits per heavy atom. The first kappa shape index (κ1) is 30.8. The van der Waals surface area contributed by atoms with Crippen LogP contribution in [-0.2, 0) is 22.2 Å². The Bertz CT molecular complexity index is 1400. The van der Waals surface area contributed by atoms with E-state index in [0.717, 1.165) is 17.7 Å². The molecule has 1 fully saturated rings. The highest BCUT2D eigenvalue weighted by Gasteiger charge is 2.31. The van der Waals surface area contributed by atoms with Crippen LogP contribution in [0, 0.1) is 0 Å². The maximum absolute atomic E-state index is 13.5. The molecule has 2 amide bonds. The number of rotatable bonds is 7. The van der Waals surface area contributed by atoms with Crippen molar-refractivity contribution in [2.45, 2.75) is 52.1 Å².